The smallest absolute Gasteiger partial charge is 0.330 e. The van der Waals surface area contributed by atoms with Crippen LogP contribution < -0.4 is 26.5 Å². The summed E-state index contributed by atoms with van der Waals surface area (Å²) in [5.74, 6) is 0.765. The Morgan fingerprint density at radius 2 is 1.52 bits per heavy atom. The Labute approximate surface area is 254 Å². The first-order valence-corrected chi connectivity index (χ1v) is 14.3. The Kier molecular flexibility index (Phi) is 9.05. The van der Waals surface area contributed by atoms with Gasteiger partial charge in [0.05, 0.1) is 26.2 Å². The number of nitrogens with two attached hydrogens (primary N) is 1. The molecule has 5 rings (SSSR count). The lowest BCUT2D eigenvalue weighted by Gasteiger charge is -2.50. The molecule has 232 valence electrons. The molecule has 1 aliphatic heterocycles. The Balaban J connectivity index is 1.88. The molecule has 3 aromatic carbocycles. The molecule has 0 saturated carbocycles. The van der Waals surface area contributed by atoms with Gasteiger partial charge in [-0.05, 0) is 37.1 Å². The van der Waals surface area contributed by atoms with E-state index in [0.29, 0.717) is 41.2 Å². The maximum absolute atomic E-state index is 13.3. The average molecular weight is 604 g/mol. The van der Waals surface area contributed by atoms with Crippen molar-refractivity contribution in [3.63, 3.8) is 0 Å². The van der Waals surface area contributed by atoms with E-state index in [1.54, 1.807) is 72.8 Å². The lowest BCUT2D eigenvalue weighted by Crippen LogP contribution is -2.65. The molecule has 11 heteroatoms. The van der Waals surface area contributed by atoms with E-state index < -0.39 is 47.3 Å². The second kappa shape index (κ2) is 12.8. The number of benzene rings is 3. The van der Waals surface area contributed by atoms with Crippen molar-refractivity contribution in [1.82, 2.24) is 9.55 Å². The van der Waals surface area contributed by atoms with Crippen molar-refractivity contribution in [1.29, 1.82) is 0 Å². The van der Waals surface area contributed by atoms with E-state index in [-0.39, 0.29) is 12.0 Å². The molecular formula is C33H37N3O8. The first-order chi connectivity index (χ1) is 21.3. The number of ether oxygens (including phenoxy) is 3. The number of nitrogens with zero attached hydrogens (tertiary/aromatic N) is 1. The average Bonchev–Trinajstić information content (AvgIpc) is 3.31. The summed E-state index contributed by atoms with van der Waals surface area (Å²) < 4.78 is 18.9. The number of hydrogen-bond donors (Lipinski definition) is 5. The first kappa shape index (κ1) is 31.2. The van der Waals surface area contributed by atoms with E-state index in [0.717, 1.165) is 4.57 Å². The van der Waals surface area contributed by atoms with Gasteiger partial charge in [0.25, 0.3) is 5.56 Å². The van der Waals surface area contributed by atoms with Crippen LogP contribution in [0, 0.1) is 0 Å². The van der Waals surface area contributed by atoms with Crippen LogP contribution >= 0.6 is 0 Å². The fraction of sp³-hybridized carbons (Fsp3) is 0.333. The molecule has 0 aliphatic carbocycles. The third kappa shape index (κ3) is 4.83. The number of aromatic nitrogens is 2. The minimum absolute atomic E-state index is 0.255. The second-order valence-electron chi connectivity index (χ2n) is 10.7. The van der Waals surface area contributed by atoms with Crippen molar-refractivity contribution in [3.8, 4) is 11.5 Å². The van der Waals surface area contributed by atoms with Crippen LogP contribution in [0.15, 0.2) is 94.6 Å². The highest BCUT2D eigenvalue weighted by atomic mass is 16.6. The maximum atomic E-state index is 13.3. The number of para-hydroxylation sites is 2. The van der Waals surface area contributed by atoms with Crippen LogP contribution in [-0.4, -0.2) is 70.1 Å². The van der Waals surface area contributed by atoms with Crippen LogP contribution in [0.25, 0.3) is 0 Å². The highest BCUT2D eigenvalue weighted by molar-refractivity contribution is 5.63. The Hall–Kier alpha value is -4.26. The molecule has 1 aromatic heterocycles. The van der Waals surface area contributed by atoms with Gasteiger partial charge in [-0.3, -0.25) is 14.3 Å². The highest BCUT2D eigenvalue weighted by Gasteiger charge is 2.69. The Morgan fingerprint density at radius 3 is 2.07 bits per heavy atom. The molecule has 4 aromatic rings. The van der Waals surface area contributed by atoms with Crippen molar-refractivity contribution in [2.75, 3.05) is 27.4 Å². The Bertz CT molecular complexity index is 1660. The SMILES string of the molecule is COc1ccccc1C(c1ccccc1)(c1ccccc1OC)[C@@]1(O)[C@@H](CO)O[C@@H](n2cc(CCCN)c(=O)[nH]c2=O)[C@@H]1O. The number of methoxy groups -OCH3 is 2. The highest BCUT2D eigenvalue weighted by Crippen LogP contribution is 2.58. The van der Waals surface area contributed by atoms with Gasteiger partial charge in [-0.25, -0.2) is 4.79 Å². The van der Waals surface area contributed by atoms with Gasteiger partial charge in [0, 0.05) is 22.9 Å². The third-order valence-corrected chi connectivity index (χ3v) is 8.48. The maximum Gasteiger partial charge on any atom is 0.330 e. The molecule has 1 aliphatic rings. The third-order valence-electron chi connectivity index (χ3n) is 8.48. The number of aliphatic hydroxyl groups excluding tert-OH is 2. The zero-order valence-electron chi connectivity index (χ0n) is 24.6. The lowest BCUT2D eigenvalue weighted by atomic mass is 9.56. The summed E-state index contributed by atoms with van der Waals surface area (Å²) in [7, 11) is 3.00. The summed E-state index contributed by atoms with van der Waals surface area (Å²) >= 11 is 0. The molecule has 11 nitrogen and oxygen atoms in total. The molecule has 0 unspecified atom stereocenters. The topological polar surface area (TPSA) is 169 Å². The van der Waals surface area contributed by atoms with Gasteiger partial charge in [-0.2, -0.15) is 0 Å². The number of aliphatic hydroxyl groups is 3. The predicted octanol–water partition coefficient (Wildman–Crippen LogP) is 1.46. The summed E-state index contributed by atoms with van der Waals surface area (Å²) in [6, 6.07) is 23.1. The molecule has 0 radical (unpaired) electrons. The van der Waals surface area contributed by atoms with Crippen LogP contribution in [-0.2, 0) is 16.6 Å². The molecule has 4 atom stereocenters. The van der Waals surface area contributed by atoms with Crippen LogP contribution in [0.1, 0.15) is 34.9 Å². The van der Waals surface area contributed by atoms with Gasteiger partial charge in [0.15, 0.2) is 6.23 Å². The number of aromatic amines is 1. The lowest BCUT2D eigenvalue weighted by molar-refractivity contribution is -0.123. The van der Waals surface area contributed by atoms with E-state index in [1.807, 2.05) is 6.07 Å². The van der Waals surface area contributed by atoms with Crippen LogP contribution in [0.3, 0.4) is 0 Å². The zero-order valence-corrected chi connectivity index (χ0v) is 24.6. The van der Waals surface area contributed by atoms with Crippen molar-refractivity contribution in [2.45, 2.75) is 42.3 Å². The largest absolute Gasteiger partial charge is 0.496 e. The number of H-pyrrole nitrogens is 1. The first-order valence-electron chi connectivity index (χ1n) is 14.3. The predicted molar refractivity (Wildman–Crippen MR) is 163 cm³/mol. The number of hydrogen-bond acceptors (Lipinski definition) is 9. The molecule has 44 heavy (non-hydrogen) atoms. The quantitative estimate of drug-likeness (QED) is 0.159. The fourth-order valence-corrected chi connectivity index (χ4v) is 6.52. The standard InChI is InChI=1S/C33H37N3O8/c1-42-25-16-8-6-14-23(25)32(22-12-4-3-5-13-22,24-15-7-9-17-26(24)43-2)33(41)27(20-37)44-30(28(33)38)36-19-21(11-10-18-34)29(39)35-31(36)40/h3-9,12-17,19,27-28,30,37-38,41H,10-11,18,20,34H2,1-2H3,(H,35,39,40)/t27-,28+,30-,33-/m1/s1. The van der Waals surface area contributed by atoms with E-state index in [1.165, 1.54) is 20.4 Å². The van der Waals surface area contributed by atoms with E-state index in [4.69, 9.17) is 19.9 Å². The summed E-state index contributed by atoms with van der Waals surface area (Å²) in [6.07, 6.45) is -2.74. The van der Waals surface area contributed by atoms with Gasteiger partial charge in [0.2, 0.25) is 0 Å². The summed E-state index contributed by atoms with van der Waals surface area (Å²) in [5, 5.41) is 36.4. The minimum atomic E-state index is -2.37. The molecule has 2 heterocycles. The summed E-state index contributed by atoms with van der Waals surface area (Å²) in [6.45, 7) is -0.411. The molecule has 0 bridgehead atoms. The van der Waals surface area contributed by atoms with Gasteiger partial charge in [-0.1, -0.05) is 66.7 Å². The molecule has 1 saturated heterocycles. The number of aryl methyl sites for hydroxylation is 1. The van der Waals surface area contributed by atoms with Crippen molar-refractivity contribution in [2.24, 2.45) is 5.73 Å². The van der Waals surface area contributed by atoms with E-state index in [2.05, 4.69) is 4.98 Å². The van der Waals surface area contributed by atoms with Crippen LogP contribution in [0.4, 0.5) is 0 Å². The van der Waals surface area contributed by atoms with Gasteiger partial charge < -0.3 is 35.3 Å². The fourth-order valence-electron chi connectivity index (χ4n) is 6.52. The van der Waals surface area contributed by atoms with Gasteiger partial charge >= 0.3 is 5.69 Å². The number of rotatable bonds is 11. The number of nitrogens with one attached hydrogen (secondary N) is 1. The van der Waals surface area contributed by atoms with E-state index in [9.17, 15) is 24.9 Å². The van der Waals surface area contributed by atoms with Gasteiger partial charge in [0.1, 0.15) is 29.3 Å². The van der Waals surface area contributed by atoms with Crippen molar-refractivity contribution >= 4 is 0 Å². The van der Waals surface area contributed by atoms with Crippen LogP contribution in [0.5, 0.6) is 11.5 Å². The zero-order chi connectivity index (χ0) is 31.5. The van der Waals surface area contributed by atoms with E-state index >= 15 is 0 Å². The minimum Gasteiger partial charge on any atom is -0.496 e. The molecule has 0 amide bonds. The van der Waals surface area contributed by atoms with Crippen molar-refractivity contribution < 1.29 is 29.5 Å². The molecule has 0 spiro atoms. The normalized spacial score (nSPS) is 21.7. The molecule has 6 N–H and O–H groups in total. The molecule has 1 fully saturated rings. The second-order valence-corrected chi connectivity index (χ2v) is 10.7. The van der Waals surface area contributed by atoms with Gasteiger partial charge in [-0.15, -0.1) is 0 Å². The summed E-state index contributed by atoms with van der Waals surface area (Å²) in [5.41, 5.74) is 1.79. The Morgan fingerprint density at radius 1 is 0.955 bits per heavy atom. The monoisotopic (exact) mass is 603 g/mol. The molecular weight excluding hydrogens is 566 g/mol. The summed E-state index contributed by atoms with van der Waals surface area (Å²) in [4.78, 5) is 28.0. The van der Waals surface area contributed by atoms with Crippen molar-refractivity contribution in [3.05, 3.63) is 128 Å². The van der Waals surface area contributed by atoms with Crippen LogP contribution in [0.2, 0.25) is 0 Å².